The van der Waals surface area contributed by atoms with Crippen LogP contribution in [0.25, 0.3) is 0 Å². The molecule has 1 aliphatic rings. The summed E-state index contributed by atoms with van der Waals surface area (Å²) < 4.78 is 1.81. The minimum Gasteiger partial charge on any atom is -0.481 e. The number of carboxylic acid groups (broad SMARTS) is 1. The molecular weight excluding hydrogens is 326 g/mol. The van der Waals surface area contributed by atoms with Crippen LogP contribution in [0.3, 0.4) is 0 Å². The second kappa shape index (κ2) is 6.05. The van der Waals surface area contributed by atoms with Crippen LogP contribution in [0.2, 0.25) is 0 Å². The minimum atomic E-state index is -0.940. The molecule has 2 aromatic heterocycles. The Kier molecular flexibility index (Phi) is 4.21. The first kappa shape index (κ1) is 16.7. The first-order valence-electron chi connectivity index (χ1n) is 7.86. The van der Waals surface area contributed by atoms with Crippen molar-refractivity contribution in [2.24, 2.45) is 5.92 Å². The van der Waals surface area contributed by atoms with Crippen LogP contribution in [0.5, 0.6) is 0 Å². The molecule has 128 valence electrons. The van der Waals surface area contributed by atoms with Gasteiger partial charge in [-0.15, -0.1) is 0 Å². The molecular formula is C17H21N3O3S. The normalized spacial score (nSPS) is 21.5. The summed E-state index contributed by atoms with van der Waals surface area (Å²) in [6, 6.07) is 1.48. The maximum atomic E-state index is 12.4. The Hall–Kier alpha value is -2.15. The lowest BCUT2D eigenvalue weighted by molar-refractivity contribution is -0.142. The van der Waals surface area contributed by atoms with Crippen LogP contribution < -0.4 is 0 Å². The number of amides is 1. The van der Waals surface area contributed by atoms with Crippen molar-refractivity contribution < 1.29 is 14.7 Å². The monoisotopic (exact) mass is 347 g/mol. The minimum absolute atomic E-state index is 0.0326. The Balaban J connectivity index is 1.96. The zero-order valence-electron chi connectivity index (χ0n) is 14.0. The lowest BCUT2D eigenvalue weighted by Crippen LogP contribution is -2.30. The molecule has 1 fully saturated rings. The van der Waals surface area contributed by atoms with E-state index in [9.17, 15) is 14.7 Å². The van der Waals surface area contributed by atoms with E-state index < -0.39 is 17.9 Å². The van der Waals surface area contributed by atoms with E-state index in [1.807, 2.05) is 48.5 Å². The Morgan fingerprint density at radius 3 is 2.75 bits per heavy atom. The summed E-state index contributed by atoms with van der Waals surface area (Å²) in [5, 5.41) is 17.9. The summed E-state index contributed by atoms with van der Waals surface area (Å²) in [6.45, 7) is 6.52. The molecule has 3 heterocycles. The Bertz CT molecular complexity index is 745. The fraction of sp³-hybridized carbons (Fsp3) is 0.471. The van der Waals surface area contributed by atoms with E-state index in [4.69, 9.17) is 0 Å². The smallest absolute Gasteiger partial charge is 0.309 e. The number of nitrogens with zero attached hydrogens (tertiary/aromatic N) is 3. The Morgan fingerprint density at radius 1 is 1.46 bits per heavy atom. The number of hydrogen-bond donors (Lipinski definition) is 1. The van der Waals surface area contributed by atoms with Gasteiger partial charge in [0.2, 0.25) is 5.91 Å². The van der Waals surface area contributed by atoms with Crippen molar-refractivity contribution >= 4 is 23.2 Å². The zero-order chi connectivity index (χ0) is 17.5. The Labute approximate surface area is 144 Å². The van der Waals surface area contributed by atoms with Crippen LogP contribution in [0.15, 0.2) is 29.2 Å². The van der Waals surface area contributed by atoms with Crippen LogP contribution in [0.1, 0.15) is 44.4 Å². The van der Waals surface area contributed by atoms with Gasteiger partial charge in [0.1, 0.15) is 0 Å². The molecule has 0 unspecified atom stereocenters. The molecule has 7 heteroatoms. The Morgan fingerprint density at radius 2 is 2.21 bits per heavy atom. The molecule has 6 nitrogen and oxygen atoms in total. The van der Waals surface area contributed by atoms with Gasteiger partial charge in [0, 0.05) is 24.7 Å². The van der Waals surface area contributed by atoms with Gasteiger partial charge in [0.05, 0.1) is 23.7 Å². The van der Waals surface area contributed by atoms with Gasteiger partial charge in [0.25, 0.3) is 0 Å². The van der Waals surface area contributed by atoms with Gasteiger partial charge in [0.15, 0.2) is 0 Å². The molecule has 0 saturated carbocycles. The van der Waals surface area contributed by atoms with Crippen molar-refractivity contribution in [3.63, 3.8) is 0 Å². The van der Waals surface area contributed by atoms with E-state index in [2.05, 4.69) is 5.10 Å². The summed E-state index contributed by atoms with van der Waals surface area (Å²) >= 11 is 1.57. The highest BCUT2D eigenvalue weighted by Crippen LogP contribution is 2.39. The third kappa shape index (κ3) is 3.08. The van der Waals surface area contributed by atoms with Crippen LogP contribution in [0, 0.1) is 5.92 Å². The third-order valence-corrected chi connectivity index (χ3v) is 5.05. The molecule has 2 atom stereocenters. The topological polar surface area (TPSA) is 75.4 Å². The molecule has 24 heavy (non-hydrogen) atoms. The van der Waals surface area contributed by atoms with Crippen molar-refractivity contribution in [2.45, 2.75) is 45.3 Å². The summed E-state index contributed by atoms with van der Waals surface area (Å²) in [5.74, 6) is -1.81. The molecule has 3 rings (SSSR count). The van der Waals surface area contributed by atoms with Gasteiger partial charge in [-0.1, -0.05) is 0 Å². The summed E-state index contributed by atoms with van der Waals surface area (Å²) in [6.07, 6.45) is 3.58. The number of aliphatic carboxylic acids is 1. The van der Waals surface area contributed by atoms with Gasteiger partial charge in [-0.25, -0.2) is 0 Å². The third-order valence-electron chi connectivity index (χ3n) is 4.31. The molecule has 0 aliphatic carbocycles. The number of carbonyl (C=O) groups is 2. The second-order valence-corrected chi connectivity index (χ2v) is 7.92. The van der Waals surface area contributed by atoms with Crippen molar-refractivity contribution in [2.75, 3.05) is 0 Å². The van der Waals surface area contributed by atoms with E-state index in [0.29, 0.717) is 6.54 Å². The maximum absolute atomic E-state index is 12.4. The van der Waals surface area contributed by atoms with E-state index in [1.165, 1.54) is 0 Å². The predicted octanol–water partition coefficient (Wildman–Crippen LogP) is 2.87. The van der Waals surface area contributed by atoms with Crippen LogP contribution in [-0.2, 0) is 21.7 Å². The highest BCUT2D eigenvalue weighted by molar-refractivity contribution is 7.07. The molecule has 0 radical (unpaired) electrons. The summed E-state index contributed by atoms with van der Waals surface area (Å²) in [4.78, 5) is 25.8. The van der Waals surface area contributed by atoms with Gasteiger partial charge < -0.3 is 10.0 Å². The number of rotatable bonds is 4. The van der Waals surface area contributed by atoms with E-state index in [-0.39, 0.29) is 17.9 Å². The zero-order valence-corrected chi connectivity index (χ0v) is 14.8. The van der Waals surface area contributed by atoms with E-state index in [1.54, 1.807) is 22.4 Å². The first-order chi connectivity index (χ1) is 11.3. The van der Waals surface area contributed by atoms with Crippen LogP contribution >= 0.6 is 11.3 Å². The first-order valence-corrected chi connectivity index (χ1v) is 8.80. The molecule has 2 aromatic rings. The largest absolute Gasteiger partial charge is 0.481 e. The quantitative estimate of drug-likeness (QED) is 0.923. The van der Waals surface area contributed by atoms with Crippen molar-refractivity contribution in [1.29, 1.82) is 0 Å². The van der Waals surface area contributed by atoms with Crippen molar-refractivity contribution in [3.8, 4) is 0 Å². The molecule has 1 N–H and O–H groups in total. The van der Waals surface area contributed by atoms with Crippen LogP contribution in [0.4, 0.5) is 0 Å². The summed E-state index contributed by atoms with van der Waals surface area (Å²) in [5.41, 5.74) is 1.60. The molecule has 1 amide bonds. The average Bonchev–Trinajstić information content (AvgIpc) is 3.19. The van der Waals surface area contributed by atoms with Crippen molar-refractivity contribution in [1.82, 2.24) is 14.7 Å². The fourth-order valence-electron chi connectivity index (χ4n) is 3.05. The number of thiophene rings is 1. The lowest BCUT2D eigenvalue weighted by atomic mass is 9.95. The second-order valence-electron chi connectivity index (χ2n) is 7.14. The highest BCUT2D eigenvalue weighted by atomic mass is 32.1. The van der Waals surface area contributed by atoms with Crippen molar-refractivity contribution in [3.05, 3.63) is 40.3 Å². The van der Waals surface area contributed by atoms with E-state index >= 15 is 0 Å². The van der Waals surface area contributed by atoms with Gasteiger partial charge >= 0.3 is 5.97 Å². The molecule has 1 saturated heterocycles. The number of carbonyl (C=O) groups excluding carboxylic acids is 1. The van der Waals surface area contributed by atoms with Gasteiger partial charge in [-0.05, 0) is 43.2 Å². The molecule has 1 aliphatic heterocycles. The standard InChI is InChI=1S/C17H21N3O3S/c1-17(2,3)20-9-12(7-18-20)15-13(16(22)23)6-14(21)19(15)8-11-4-5-24-10-11/h4-5,7,9-10,13,15H,6,8H2,1-3H3,(H,22,23)/t13-,15+/m0/s1. The predicted molar refractivity (Wildman–Crippen MR) is 90.6 cm³/mol. The molecule has 0 spiro atoms. The highest BCUT2D eigenvalue weighted by Gasteiger charge is 2.45. The SMILES string of the molecule is CC(C)(C)n1cc([C@@H]2[C@@H](C(=O)O)CC(=O)N2Cc2ccsc2)cn1. The fourth-order valence-corrected chi connectivity index (χ4v) is 3.71. The number of aromatic nitrogens is 2. The van der Waals surface area contributed by atoms with Gasteiger partial charge in [-0.3, -0.25) is 14.3 Å². The van der Waals surface area contributed by atoms with E-state index in [0.717, 1.165) is 11.1 Å². The van der Waals surface area contributed by atoms with Gasteiger partial charge in [-0.2, -0.15) is 16.4 Å². The summed E-state index contributed by atoms with van der Waals surface area (Å²) in [7, 11) is 0. The number of carboxylic acids is 1. The maximum Gasteiger partial charge on any atom is 0.309 e. The number of likely N-dealkylation sites (tertiary alicyclic amines) is 1. The average molecular weight is 347 g/mol. The molecule has 0 aromatic carbocycles. The number of hydrogen-bond acceptors (Lipinski definition) is 4. The lowest BCUT2D eigenvalue weighted by Gasteiger charge is -2.26. The molecule has 0 bridgehead atoms. The van der Waals surface area contributed by atoms with Crippen LogP contribution in [-0.4, -0.2) is 31.7 Å².